The van der Waals surface area contributed by atoms with Crippen LogP contribution in [0, 0.1) is 5.92 Å². The van der Waals surface area contributed by atoms with E-state index in [0.29, 0.717) is 31.0 Å². The van der Waals surface area contributed by atoms with E-state index in [4.69, 9.17) is 16.3 Å². The zero-order chi connectivity index (χ0) is 30.0. The maximum absolute atomic E-state index is 13.8. The number of nitrogens with one attached hydrogen (secondary N) is 2. The summed E-state index contributed by atoms with van der Waals surface area (Å²) in [6.45, 7) is 11.0. The highest BCUT2D eigenvalue weighted by atomic mass is 35.5. The molecule has 2 amide bonds. The fourth-order valence-electron chi connectivity index (χ4n) is 4.57. The first-order chi connectivity index (χ1) is 19.4. The van der Waals surface area contributed by atoms with Crippen LogP contribution in [-0.4, -0.2) is 41.4 Å². The molecule has 2 N–H and O–H groups in total. The molecule has 0 aliphatic rings. The number of nitrogens with zero attached hydrogens (tertiary/aromatic N) is 1. The standard InChI is InChI=1S/C34H44ClN3O3/c1-24(2)20-31(38(6)22-27-14-10-11-15-29(27)35)33(40)36-30(32(39)37-34(3,4)5)21-25-16-18-28(19-17-25)41-23-26-12-8-7-9-13-26/h7-19,24,30-31H,20-23H2,1-6H3,(H,36,40)(H,37,39)/t30-,31+/m0/s1. The van der Waals surface area contributed by atoms with Crippen LogP contribution >= 0.6 is 11.6 Å². The molecule has 41 heavy (non-hydrogen) atoms. The van der Waals surface area contributed by atoms with Gasteiger partial charge in [0.1, 0.15) is 18.4 Å². The molecule has 220 valence electrons. The predicted octanol–water partition coefficient (Wildman–Crippen LogP) is 6.41. The van der Waals surface area contributed by atoms with Gasteiger partial charge in [-0.15, -0.1) is 0 Å². The van der Waals surface area contributed by atoms with Crippen LogP contribution in [0.4, 0.5) is 0 Å². The van der Waals surface area contributed by atoms with Gasteiger partial charge in [-0.2, -0.15) is 0 Å². The highest BCUT2D eigenvalue weighted by Crippen LogP contribution is 2.21. The molecule has 0 unspecified atom stereocenters. The maximum atomic E-state index is 13.8. The van der Waals surface area contributed by atoms with Crippen LogP contribution in [-0.2, 0) is 29.2 Å². The third-order valence-corrected chi connectivity index (χ3v) is 7.02. The molecule has 0 saturated carbocycles. The predicted molar refractivity (Wildman–Crippen MR) is 167 cm³/mol. The summed E-state index contributed by atoms with van der Waals surface area (Å²) in [6, 6.07) is 24.2. The molecular formula is C34H44ClN3O3. The zero-order valence-electron chi connectivity index (χ0n) is 25.1. The van der Waals surface area contributed by atoms with Crippen molar-refractivity contribution in [3.05, 3.63) is 101 Å². The summed E-state index contributed by atoms with van der Waals surface area (Å²) in [6.07, 6.45) is 1.00. The molecule has 3 aromatic rings. The van der Waals surface area contributed by atoms with Gasteiger partial charge in [-0.25, -0.2) is 0 Å². The van der Waals surface area contributed by atoms with E-state index in [1.165, 1.54) is 0 Å². The number of rotatable bonds is 13. The molecule has 3 aromatic carbocycles. The normalized spacial score (nSPS) is 13.1. The Morgan fingerprint density at radius 3 is 2.12 bits per heavy atom. The van der Waals surface area contributed by atoms with Crippen LogP contribution in [0.15, 0.2) is 78.9 Å². The Kier molecular flexibility index (Phi) is 11.8. The average Bonchev–Trinajstić information content (AvgIpc) is 2.91. The van der Waals surface area contributed by atoms with Crippen molar-refractivity contribution in [2.24, 2.45) is 5.92 Å². The van der Waals surface area contributed by atoms with E-state index in [1.807, 2.05) is 112 Å². The summed E-state index contributed by atoms with van der Waals surface area (Å²) in [5.41, 5.74) is 2.53. The first kappa shape index (κ1) is 32.2. The molecule has 0 aliphatic carbocycles. The monoisotopic (exact) mass is 577 g/mol. The topological polar surface area (TPSA) is 70.7 Å². The van der Waals surface area contributed by atoms with E-state index in [1.54, 1.807) is 0 Å². The minimum Gasteiger partial charge on any atom is -0.489 e. The SMILES string of the molecule is CC(C)C[C@H](C(=O)N[C@@H](Cc1ccc(OCc2ccccc2)cc1)C(=O)NC(C)(C)C)N(C)Cc1ccccc1Cl. The summed E-state index contributed by atoms with van der Waals surface area (Å²) < 4.78 is 5.92. The molecular weight excluding hydrogens is 534 g/mol. The van der Waals surface area contributed by atoms with Gasteiger partial charge in [0.05, 0.1) is 6.04 Å². The van der Waals surface area contributed by atoms with Crippen molar-refractivity contribution in [1.29, 1.82) is 0 Å². The lowest BCUT2D eigenvalue weighted by Crippen LogP contribution is -2.56. The van der Waals surface area contributed by atoms with Crippen LogP contribution in [0.2, 0.25) is 5.02 Å². The van der Waals surface area contributed by atoms with E-state index < -0.39 is 17.6 Å². The second kappa shape index (κ2) is 15.0. The molecule has 0 aromatic heterocycles. The number of carbonyl (C=O) groups excluding carboxylic acids is 2. The number of amides is 2. The Morgan fingerprint density at radius 2 is 1.51 bits per heavy atom. The molecule has 7 heteroatoms. The first-order valence-electron chi connectivity index (χ1n) is 14.2. The fraction of sp³-hybridized carbons (Fsp3) is 0.412. The summed E-state index contributed by atoms with van der Waals surface area (Å²) >= 11 is 6.41. The molecule has 2 atom stereocenters. The van der Waals surface area contributed by atoms with Crippen molar-refractivity contribution in [2.45, 2.75) is 78.2 Å². The number of ether oxygens (including phenoxy) is 1. The van der Waals surface area contributed by atoms with Crippen molar-refractivity contribution < 1.29 is 14.3 Å². The van der Waals surface area contributed by atoms with Crippen LogP contribution in [0.1, 0.15) is 57.7 Å². The molecule has 0 aliphatic heterocycles. The van der Waals surface area contributed by atoms with Gasteiger partial charge < -0.3 is 15.4 Å². The van der Waals surface area contributed by atoms with Crippen LogP contribution < -0.4 is 15.4 Å². The van der Waals surface area contributed by atoms with Gasteiger partial charge in [0.2, 0.25) is 11.8 Å². The Hall–Kier alpha value is -3.35. The third kappa shape index (κ3) is 10.9. The molecule has 0 bridgehead atoms. The van der Waals surface area contributed by atoms with Gasteiger partial charge in [0.15, 0.2) is 0 Å². The van der Waals surface area contributed by atoms with E-state index >= 15 is 0 Å². The lowest BCUT2D eigenvalue weighted by molar-refractivity contribution is -0.132. The van der Waals surface area contributed by atoms with Gasteiger partial charge in [-0.3, -0.25) is 14.5 Å². The van der Waals surface area contributed by atoms with Crippen molar-refractivity contribution in [1.82, 2.24) is 15.5 Å². The highest BCUT2D eigenvalue weighted by Gasteiger charge is 2.30. The minimum atomic E-state index is -0.735. The largest absolute Gasteiger partial charge is 0.489 e. The number of hydrogen-bond donors (Lipinski definition) is 2. The van der Waals surface area contributed by atoms with E-state index in [-0.39, 0.29) is 17.7 Å². The maximum Gasteiger partial charge on any atom is 0.243 e. The molecule has 3 rings (SSSR count). The Labute approximate surface area is 250 Å². The van der Waals surface area contributed by atoms with E-state index in [2.05, 4.69) is 24.5 Å². The zero-order valence-corrected chi connectivity index (χ0v) is 25.9. The third-order valence-electron chi connectivity index (χ3n) is 6.65. The Balaban J connectivity index is 1.74. The van der Waals surface area contributed by atoms with Crippen LogP contribution in [0.25, 0.3) is 0 Å². The molecule has 0 saturated heterocycles. The number of carbonyl (C=O) groups is 2. The summed E-state index contributed by atoms with van der Waals surface area (Å²) in [7, 11) is 1.92. The van der Waals surface area contributed by atoms with Crippen molar-refractivity contribution in [3.8, 4) is 5.75 Å². The number of likely N-dealkylation sites (N-methyl/N-ethyl adjacent to an activating group) is 1. The molecule has 0 radical (unpaired) electrons. The Bertz CT molecular complexity index is 1260. The van der Waals surface area contributed by atoms with Gasteiger partial charge in [0, 0.05) is 23.5 Å². The summed E-state index contributed by atoms with van der Waals surface area (Å²) in [5, 5.41) is 6.79. The second-order valence-electron chi connectivity index (χ2n) is 12.1. The number of benzene rings is 3. The molecule has 0 heterocycles. The minimum absolute atomic E-state index is 0.176. The van der Waals surface area contributed by atoms with Crippen molar-refractivity contribution >= 4 is 23.4 Å². The van der Waals surface area contributed by atoms with E-state index in [9.17, 15) is 9.59 Å². The van der Waals surface area contributed by atoms with Gasteiger partial charge in [-0.1, -0.05) is 86.1 Å². The van der Waals surface area contributed by atoms with Crippen molar-refractivity contribution in [3.63, 3.8) is 0 Å². The van der Waals surface area contributed by atoms with Crippen molar-refractivity contribution in [2.75, 3.05) is 7.05 Å². The fourth-order valence-corrected chi connectivity index (χ4v) is 4.77. The van der Waals surface area contributed by atoms with Crippen LogP contribution in [0.3, 0.4) is 0 Å². The quantitative estimate of drug-likeness (QED) is 0.246. The van der Waals surface area contributed by atoms with Gasteiger partial charge in [-0.05, 0) is 75.0 Å². The lowest BCUT2D eigenvalue weighted by Gasteiger charge is -2.31. The van der Waals surface area contributed by atoms with Crippen LogP contribution in [0.5, 0.6) is 5.75 Å². The number of hydrogen-bond acceptors (Lipinski definition) is 4. The van der Waals surface area contributed by atoms with Gasteiger partial charge >= 0.3 is 0 Å². The summed E-state index contributed by atoms with van der Waals surface area (Å²) in [4.78, 5) is 29.2. The molecule has 0 spiro atoms. The highest BCUT2D eigenvalue weighted by molar-refractivity contribution is 6.31. The summed E-state index contributed by atoms with van der Waals surface area (Å²) in [5.74, 6) is 0.637. The average molecular weight is 578 g/mol. The second-order valence-corrected chi connectivity index (χ2v) is 12.5. The smallest absolute Gasteiger partial charge is 0.243 e. The first-order valence-corrected chi connectivity index (χ1v) is 14.6. The van der Waals surface area contributed by atoms with Gasteiger partial charge in [0.25, 0.3) is 0 Å². The Morgan fingerprint density at radius 1 is 0.878 bits per heavy atom. The molecule has 6 nitrogen and oxygen atoms in total. The van der Waals surface area contributed by atoms with E-state index in [0.717, 1.165) is 22.4 Å². The number of halogens is 1. The lowest BCUT2D eigenvalue weighted by atomic mass is 9.99. The molecule has 0 fully saturated rings.